The number of ketones is 1. The molecule has 0 radical (unpaired) electrons. The minimum atomic E-state index is 0.0400. The van der Waals surface area contributed by atoms with Gasteiger partial charge < -0.3 is 18.9 Å². The van der Waals surface area contributed by atoms with Crippen LogP contribution in [0.3, 0.4) is 0 Å². The van der Waals surface area contributed by atoms with Crippen molar-refractivity contribution in [1.82, 2.24) is 0 Å². The second-order valence-corrected chi connectivity index (χ2v) is 6.00. The van der Waals surface area contributed by atoms with E-state index in [1.54, 1.807) is 40.6 Å². The normalized spacial score (nSPS) is 11.0. The fourth-order valence-electron chi connectivity index (χ4n) is 2.84. The second kappa shape index (κ2) is 10.2. The third-order valence-electron chi connectivity index (χ3n) is 4.21. The number of benzene rings is 2. The van der Waals surface area contributed by atoms with Crippen LogP contribution in [0, 0.1) is 0 Å². The predicted molar refractivity (Wildman–Crippen MR) is 112 cm³/mol. The lowest BCUT2D eigenvalue weighted by Crippen LogP contribution is -2.01. The molecule has 0 aliphatic carbocycles. The van der Waals surface area contributed by atoms with E-state index in [-0.39, 0.29) is 5.78 Å². The first-order valence-electron chi connectivity index (χ1n) is 8.86. The summed E-state index contributed by atoms with van der Waals surface area (Å²) in [6.07, 6.45) is 7.52. The first-order valence-corrected chi connectivity index (χ1v) is 8.86. The maximum Gasteiger partial charge on any atom is 0.203 e. The number of rotatable bonds is 9. The van der Waals surface area contributed by atoms with Crippen LogP contribution in [0.5, 0.6) is 23.0 Å². The number of carbonyl (C=O) groups excluding carboxylic acids is 1. The van der Waals surface area contributed by atoms with Crippen molar-refractivity contribution in [2.45, 2.75) is 13.3 Å². The first kappa shape index (κ1) is 21.1. The Morgan fingerprint density at radius 1 is 0.893 bits per heavy atom. The van der Waals surface area contributed by atoms with E-state index < -0.39 is 0 Å². The number of hydrogen-bond donors (Lipinski definition) is 0. The highest BCUT2D eigenvalue weighted by molar-refractivity contribution is 5.92. The summed E-state index contributed by atoms with van der Waals surface area (Å²) in [7, 11) is 6.35. The van der Waals surface area contributed by atoms with Crippen LogP contribution in [0.4, 0.5) is 0 Å². The number of allylic oxidation sites excluding steroid dienone is 2. The smallest absolute Gasteiger partial charge is 0.203 e. The quantitative estimate of drug-likeness (QED) is 0.469. The Kier molecular flexibility index (Phi) is 7.69. The van der Waals surface area contributed by atoms with Crippen molar-refractivity contribution in [3.05, 3.63) is 59.2 Å². The van der Waals surface area contributed by atoms with Crippen LogP contribution < -0.4 is 18.9 Å². The van der Waals surface area contributed by atoms with E-state index in [9.17, 15) is 4.79 Å². The van der Waals surface area contributed by atoms with Crippen molar-refractivity contribution in [3.63, 3.8) is 0 Å². The van der Waals surface area contributed by atoms with Crippen molar-refractivity contribution in [3.8, 4) is 23.0 Å². The van der Waals surface area contributed by atoms with E-state index in [0.29, 0.717) is 29.4 Å². The molecule has 0 spiro atoms. The van der Waals surface area contributed by atoms with Crippen LogP contribution in [-0.4, -0.2) is 34.2 Å². The van der Waals surface area contributed by atoms with Crippen LogP contribution >= 0.6 is 0 Å². The summed E-state index contributed by atoms with van der Waals surface area (Å²) >= 11 is 0. The third-order valence-corrected chi connectivity index (χ3v) is 4.21. The molecule has 5 nitrogen and oxygen atoms in total. The lowest BCUT2D eigenvalue weighted by Gasteiger charge is -2.13. The molecule has 0 aliphatic rings. The van der Waals surface area contributed by atoms with Gasteiger partial charge in [0.05, 0.1) is 28.4 Å². The Morgan fingerprint density at radius 3 is 2.11 bits per heavy atom. The van der Waals surface area contributed by atoms with Crippen LogP contribution in [0.1, 0.15) is 23.6 Å². The van der Waals surface area contributed by atoms with Crippen molar-refractivity contribution in [1.29, 1.82) is 0 Å². The molecule has 2 aromatic rings. The fourth-order valence-corrected chi connectivity index (χ4v) is 2.84. The molecule has 0 heterocycles. The Bertz CT molecular complexity index is 856. The number of hydrogen-bond acceptors (Lipinski definition) is 5. The summed E-state index contributed by atoms with van der Waals surface area (Å²) in [5.74, 6) is 2.47. The minimum Gasteiger partial charge on any atom is -0.497 e. The molecule has 0 fully saturated rings. The summed E-state index contributed by atoms with van der Waals surface area (Å²) in [5, 5.41) is 0. The number of ether oxygens (including phenoxy) is 4. The summed E-state index contributed by atoms with van der Waals surface area (Å²) < 4.78 is 21.4. The van der Waals surface area contributed by atoms with Crippen LogP contribution in [-0.2, 0) is 11.2 Å². The van der Waals surface area contributed by atoms with Crippen LogP contribution in [0.15, 0.2) is 42.5 Å². The van der Waals surface area contributed by atoms with Gasteiger partial charge in [-0.3, -0.25) is 4.79 Å². The largest absolute Gasteiger partial charge is 0.497 e. The van der Waals surface area contributed by atoms with Crippen molar-refractivity contribution in [2.24, 2.45) is 0 Å². The summed E-state index contributed by atoms with van der Waals surface area (Å²) in [6, 6.07) is 9.43. The zero-order valence-corrected chi connectivity index (χ0v) is 16.9. The molecule has 148 valence electrons. The maximum atomic E-state index is 12.1. The molecule has 2 rings (SSSR count). The Balaban J connectivity index is 2.41. The summed E-state index contributed by atoms with van der Waals surface area (Å²) in [4.78, 5) is 12.1. The lowest BCUT2D eigenvalue weighted by molar-refractivity contribution is -0.114. The first-order chi connectivity index (χ1) is 13.6. The van der Waals surface area contributed by atoms with Gasteiger partial charge in [0, 0.05) is 6.42 Å². The minimum absolute atomic E-state index is 0.0400. The Morgan fingerprint density at radius 2 is 1.57 bits per heavy atom. The van der Waals surface area contributed by atoms with Crippen molar-refractivity contribution >= 4 is 17.9 Å². The summed E-state index contributed by atoms with van der Waals surface area (Å²) in [5.41, 5.74) is 2.72. The van der Waals surface area contributed by atoms with E-state index in [1.807, 2.05) is 49.4 Å². The SMILES string of the molecule is C/C=C/C(=O)Cc1cc(OC)ccc1/C=C\c1cc(OC)c(OC)c(OC)c1. The third kappa shape index (κ3) is 5.16. The number of methoxy groups -OCH3 is 4. The topological polar surface area (TPSA) is 54.0 Å². The molecule has 0 bridgehead atoms. The van der Waals surface area contributed by atoms with Gasteiger partial charge in [-0.25, -0.2) is 0 Å². The van der Waals surface area contributed by atoms with Crippen LogP contribution in [0.25, 0.3) is 12.2 Å². The highest BCUT2D eigenvalue weighted by Crippen LogP contribution is 2.38. The van der Waals surface area contributed by atoms with Gasteiger partial charge in [0.1, 0.15) is 5.75 Å². The molecular weight excluding hydrogens is 356 g/mol. The van der Waals surface area contributed by atoms with Gasteiger partial charge >= 0.3 is 0 Å². The van der Waals surface area contributed by atoms with E-state index in [4.69, 9.17) is 18.9 Å². The van der Waals surface area contributed by atoms with E-state index in [2.05, 4.69) is 0 Å². The van der Waals surface area contributed by atoms with Gasteiger partial charge in [0.2, 0.25) is 5.75 Å². The fraction of sp³-hybridized carbons (Fsp3) is 0.261. The molecule has 28 heavy (non-hydrogen) atoms. The molecule has 0 atom stereocenters. The molecule has 5 heteroatoms. The van der Waals surface area contributed by atoms with Gasteiger partial charge in [0.15, 0.2) is 17.3 Å². The molecule has 0 saturated carbocycles. The van der Waals surface area contributed by atoms with Gasteiger partial charge in [-0.05, 0) is 54.0 Å². The Labute approximate surface area is 166 Å². The average Bonchev–Trinajstić information content (AvgIpc) is 2.71. The van der Waals surface area contributed by atoms with Gasteiger partial charge in [-0.15, -0.1) is 0 Å². The zero-order valence-electron chi connectivity index (χ0n) is 16.9. The van der Waals surface area contributed by atoms with Gasteiger partial charge in [-0.1, -0.05) is 24.3 Å². The molecule has 0 aliphatic heterocycles. The standard InChI is InChI=1S/C23H26O5/c1-6-7-19(24)14-18-15-20(25-2)11-10-17(18)9-8-16-12-21(26-3)23(28-5)22(13-16)27-4/h6-13,15H,14H2,1-5H3/b7-6+,9-8-. The van der Waals surface area contributed by atoms with Gasteiger partial charge in [-0.2, -0.15) is 0 Å². The van der Waals surface area contributed by atoms with E-state index in [1.165, 1.54) is 0 Å². The Hall–Kier alpha value is -3.21. The molecule has 2 aromatic carbocycles. The number of carbonyl (C=O) groups is 1. The van der Waals surface area contributed by atoms with Crippen LogP contribution in [0.2, 0.25) is 0 Å². The van der Waals surface area contributed by atoms with Crippen molar-refractivity contribution < 1.29 is 23.7 Å². The molecule has 0 saturated heterocycles. The molecule has 0 aromatic heterocycles. The second-order valence-electron chi connectivity index (χ2n) is 6.00. The lowest BCUT2D eigenvalue weighted by atomic mass is 10.00. The molecule has 0 amide bonds. The average molecular weight is 382 g/mol. The molecule has 0 N–H and O–H groups in total. The monoisotopic (exact) mass is 382 g/mol. The van der Waals surface area contributed by atoms with E-state index >= 15 is 0 Å². The summed E-state index contributed by atoms with van der Waals surface area (Å²) in [6.45, 7) is 1.83. The highest BCUT2D eigenvalue weighted by atomic mass is 16.5. The van der Waals surface area contributed by atoms with Crippen molar-refractivity contribution in [2.75, 3.05) is 28.4 Å². The molecular formula is C23H26O5. The zero-order chi connectivity index (χ0) is 20.5. The maximum absolute atomic E-state index is 12.1. The van der Waals surface area contributed by atoms with E-state index in [0.717, 1.165) is 16.7 Å². The predicted octanol–water partition coefficient (Wildman–Crippen LogP) is 4.58. The molecule has 0 unspecified atom stereocenters. The highest BCUT2D eigenvalue weighted by Gasteiger charge is 2.12. The van der Waals surface area contributed by atoms with Gasteiger partial charge in [0.25, 0.3) is 0 Å².